The van der Waals surface area contributed by atoms with Crippen molar-refractivity contribution in [1.29, 1.82) is 0 Å². The van der Waals surface area contributed by atoms with Crippen LogP contribution in [0.1, 0.15) is 41.3 Å². The zero-order valence-electron chi connectivity index (χ0n) is 20.1. The molecule has 2 heterocycles. The molecule has 1 amide bonds. The fourth-order valence-electron chi connectivity index (χ4n) is 4.85. The van der Waals surface area contributed by atoms with Crippen molar-refractivity contribution >= 4 is 28.8 Å². The molecular weight excluding hydrogens is 438 g/mol. The van der Waals surface area contributed by atoms with Crippen LogP contribution < -0.4 is 10.6 Å². The van der Waals surface area contributed by atoms with Crippen molar-refractivity contribution in [3.8, 4) is 0 Å². The van der Waals surface area contributed by atoms with Gasteiger partial charge in [0.05, 0.1) is 23.9 Å². The molecule has 2 aliphatic heterocycles. The van der Waals surface area contributed by atoms with E-state index in [2.05, 4.69) is 64.1 Å². The van der Waals surface area contributed by atoms with Gasteiger partial charge in [-0.1, -0.05) is 42.5 Å². The lowest BCUT2D eigenvalue weighted by Gasteiger charge is -2.19. The Hall–Kier alpha value is -3.90. The Kier molecular flexibility index (Phi) is 6.38. The van der Waals surface area contributed by atoms with E-state index in [4.69, 9.17) is 4.74 Å². The molecule has 178 valence electrons. The maximum atomic E-state index is 12.7. The van der Waals surface area contributed by atoms with Gasteiger partial charge in [-0.3, -0.25) is 9.69 Å². The van der Waals surface area contributed by atoms with Gasteiger partial charge in [0.2, 0.25) is 0 Å². The van der Waals surface area contributed by atoms with Crippen LogP contribution in [0.15, 0.2) is 83.6 Å². The first-order valence-corrected chi connectivity index (χ1v) is 11.9. The summed E-state index contributed by atoms with van der Waals surface area (Å²) in [6.45, 7) is 4.82. The Balaban J connectivity index is 1.26. The predicted octanol–water partition coefficient (Wildman–Crippen LogP) is 5.29. The van der Waals surface area contributed by atoms with E-state index < -0.39 is 5.97 Å². The number of allylic oxidation sites excluding steroid dienone is 5. The second-order valence-electron chi connectivity index (χ2n) is 9.07. The van der Waals surface area contributed by atoms with Crippen molar-refractivity contribution < 1.29 is 14.3 Å². The maximum absolute atomic E-state index is 12.7. The number of ether oxygens (including phenoxy) is 1. The molecule has 2 aromatic rings. The summed E-state index contributed by atoms with van der Waals surface area (Å²) in [6, 6.07) is 13.5. The molecule has 35 heavy (non-hydrogen) atoms. The van der Waals surface area contributed by atoms with Crippen molar-refractivity contribution in [2.45, 2.75) is 26.3 Å². The van der Waals surface area contributed by atoms with Crippen LogP contribution in [0, 0.1) is 0 Å². The molecule has 6 nitrogen and oxygen atoms in total. The first-order valence-electron chi connectivity index (χ1n) is 11.9. The third-order valence-electron chi connectivity index (χ3n) is 6.73. The van der Waals surface area contributed by atoms with Gasteiger partial charge >= 0.3 is 5.97 Å². The molecular formula is C29H29N3O3. The van der Waals surface area contributed by atoms with Gasteiger partial charge in [0.25, 0.3) is 5.91 Å². The topological polar surface area (TPSA) is 70.7 Å². The van der Waals surface area contributed by atoms with Gasteiger partial charge in [0.15, 0.2) is 0 Å². The molecule has 0 unspecified atom stereocenters. The lowest BCUT2D eigenvalue weighted by molar-refractivity contribution is -0.110. The van der Waals surface area contributed by atoms with E-state index in [1.54, 1.807) is 18.2 Å². The van der Waals surface area contributed by atoms with Crippen molar-refractivity contribution in [3.63, 3.8) is 0 Å². The van der Waals surface area contributed by atoms with Crippen LogP contribution in [0.4, 0.5) is 11.4 Å². The quantitative estimate of drug-likeness (QED) is 0.462. The van der Waals surface area contributed by atoms with Crippen molar-refractivity contribution in [3.05, 3.63) is 100 Å². The van der Waals surface area contributed by atoms with Crippen LogP contribution >= 0.6 is 0 Å². The normalized spacial score (nSPS) is 18.5. The average molecular weight is 468 g/mol. The van der Waals surface area contributed by atoms with Crippen LogP contribution in [-0.4, -0.2) is 37.0 Å². The summed E-state index contributed by atoms with van der Waals surface area (Å²) in [4.78, 5) is 27.0. The van der Waals surface area contributed by atoms with E-state index in [1.165, 1.54) is 23.8 Å². The van der Waals surface area contributed by atoms with E-state index in [1.807, 2.05) is 6.92 Å². The third-order valence-corrected chi connectivity index (χ3v) is 6.73. The molecule has 0 bridgehead atoms. The van der Waals surface area contributed by atoms with Crippen molar-refractivity contribution in [2.75, 3.05) is 30.8 Å². The highest BCUT2D eigenvalue weighted by atomic mass is 16.5. The Morgan fingerprint density at radius 3 is 2.77 bits per heavy atom. The minimum Gasteiger partial charge on any atom is -0.465 e. The van der Waals surface area contributed by atoms with Gasteiger partial charge in [-0.25, -0.2) is 4.79 Å². The van der Waals surface area contributed by atoms with E-state index in [-0.39, 0.29) is 5.91 Å². The van der Waals surface area contributed by atoms with Gasteiger partial charge in [0.1, 0.15) is 0 Å². The molecule has 0 spiro atoms. The molecule has 0 saturated carbocycles. The Labute approximate surface area is 205 Å². The number of esters is 1. The smallest absolute Gasteiger partial charge is 0.337 e. The monoisotopic (exact) mass is 467 g/mol. The number of carbonyl (C=O) groups excluding carboxylic acids is 2. The number of nitrogens with one attached hydrogen (secondary N) is 2. The summed E-state index contributed by atoms with van der Waals surface area (Å²) in [5.74, 6) is -0.622. The summed E-state index contributed by atoms with van der Waals surface area (Å²) < 4.78 is 4.78. The molecule has 6 heteroatoms. The molecule has 1 aliphatic carbocycles. The molecule has 3 aliphatic rings. The van der Waals surface area contributed by atoms with E-state index in [9.17, 15) is 9.59 Å². The SMILES string of the molecule is COC(=O)c1ccc2c(c1)NC(=O)/C2=C(/C)Nc1ccc(CN2CC=C3CC=CC=C3CC2)cc1. The van der Waals surface area contributed by atoms with Crippen molar-refractivity contribution in [2.24, 2.45) is 0 Å². The van der Waals surface area contributed by atoms with Crippen LogP contribution in [0.2, 0.25) is 0 Å². The van der Waals surface area contributed by atoms with Crippen LogP contribution in [0.25, 0.3) is 5.57 Å². The van der Waals surface area contributed by atoms with Gasteiger partial charge in [-0.15, -0.1) is 0 Å². The summed E-state index contributed by atoms with van der Waals surface area (Å²) in [7, 11) is 1.34. The molecule has 5 rings (SSSR count). The van der Waals surface area contributed by atoms with Gasteiger partial charge in [0, 0.05) is 36.6 Å². The molecule has 0 radical (unpaired) electrons. The number of carbonyl (C=O) groups is 2. The molecule has 0 aromatic heterocycles. The lowest BCUT2D eigenvalue weighted by Crippen LogP contribution is -2.23. The second kappa shape index (κ2) is 9.76. The largest absolute Gasteiger partial charge is 0.465 e. The summed E-state index contributed by atoms with van der Waals surface area (Å²) in [6.07, 6.45) is 11.1. The fraction of sp³-hybridized carbons (Fsp3) is 0.241. The highest BCUT2D eigenvalue weighted by molar-refractivity contribution is 6.32. The summed E-state index contributed by atoms with van der Waals surface area (Å²) in [5, 5.41) is 6.22. The highest BCUT2D eigenvalue weighted by Crippen LogP contribution is 2.35. The zero-order valence-corrected chi connectivity index (χ0v) is 20.1. The molecule has 0 saturated heterocycles. The number of hydrogen-bond acceptors (Lipinski definition) is 5. The van der Waals surface area contributed by atoms with Crippen LogP contribution in [0.5, 0.6) is 0 Å². The molecule has 0 fully saturated rings. The number of anilines is 2. The number of amides is 1. The first kappa shape index (κ1) is 22.9. The first-order chi connectivity index (χ1) is 17.0. The lowest BCUT2D eigenvalue weighted by atomic mass is 9.96. The standard InChI is InChI=1S/C29H29N3O3/c1-19(27-25-12-9-23(29(34)35-2)17-26(25)31-28(27)33)30-24-10-7-20(8-11-24)18-32-15-13-21-5-3-4-6-22(21)14-16-32/h3-5,7-12,14,17,30H,6,13,15-16,18H2,1-2H3,(H,31,33)/b27-19-. The van der Waals surface area contributed by atoms with Crippen molar-refractivity contribution in [1.82, 2.24) is 4.90 Å². The van der Waals surface area contributed by atoms with Gasteiger partial charge < -0.3 is 15.4 Å². The number of benzene rings is 2. The summed E-state index contributed by atoms with van der Waals surface area (Å²) in [5.41, 5.74) is 8.23. The number of rotatable bonds is 5. The zero-order chi connectivity index (χ0) is 24.4. The Morgan fingerprint density at radius 1 is 1.14 bits per heavy atom. The predicted molar refractivity (Wildman–Crippen MR) is 139 cm³/mol. The number of nitrogens with zero attached hydrogens (tertiary/aromatic N) is 1. The third kappa shape index (κ3) is 4.84. The molecule has 0 atom stereocenters. The summed E-state index contributed by atoms with van der Waals surface area (Å²) >= 11 is 0. The molecule has 2 aromatic carbocycles. The van der Waals surface area contributed by atoms with Crippen LogP contribution in [0.3, 0.4) is 0 Å². The average Bonchev–Trinajstić information content (AvgIpc) is 3.07. The number of fused-ring (bicyclic) bond motifs is 2. The van der Waals surface area contributed by atoms with E-state index in [0.717, 1.165) is 49.4 Å². The Bertz CT molecular complexity index is 1300. The van der Waals surface area contributed by atoms with E-state index in [0.29, 0.717) is 16.8 Å². The van der Waals surface area contributed by atoms with E-state index >= 15 is 0 Å². The van der Waals surface area contributed by atoms with Crippen LogP contribution in [-0.2, 0) is 16.1 Å². The molecule has 2 N–H and O–H groups in total. The maximum Gasteiger partial charge on any atom is 0.337 e. The minimum absolute atomic E-state index is 0.190. The fourth-order valence-corrected chi connectivity index (χ4v) is 4.85. The number of hydrogen-bond donors (Lipinski definition) is 2. The van der Waals surface area contributed by atoms with Gasteiger partial charge in [-0.2, -0.15) is 0 Å². The number of methoxy groups -OCH3 is 1. The minimum atomic E-state index is -0.432. The second-order valence-corrected chi connectivity index (χ2v) is 9.07. The highest BCUT2D eigenvalue weighted by Gasteiger charge is 2.27. The Morgan fingerprint density at radius 2 is 1.97 bits per heavy atom. The van der Waals surface area contributed by atoms with Gasteiger partial charge in [-0.05, 0) is 60.7 Å².